The maximum Gasteiger partial charge on any atom is 0.311 e. The number of carbonyl (C=O) groups is 2. The maximum absolute atomic E-state index is 12.8. The van der Waals surface area contributed by atoms with Gasteiger partial charge in [0.2, 0.25) is 5.24 Å². The van der Waals surface area contributed by atoms with Gasteiger partial charge in [0.25, 0.3) is 0 Å². The number of benzene rings is 2. The van der Waals surface area contributed by atoms with Gasteiger partial charge in [0.15, 0.2) is 9.84 Å². The summed E-state index contributed by atoms with van der Waals surface area (Å²) in [6.07, 6.45) is 0.878. The number of hydrogen-bond acceptors (Lipinski definition) is 8. The number of ether oxygens (including phenoxy) is 4. The Hall–Kier alpha value is -3.24. The molecule has 2 rings (SSSR count). The van der Waals surface area contributed by atoms with Crippen molar-refractivity contribution in [2.75, 3.05) is 28.4 Å². The van der Waals surface area contributed by atoms with E-state index in [-0.39, 0.29) is 11.3 Å². The standard InChI is InChI=1S/C23H25ClO9S/c1-30-15-10-20(32-3)16(21(11-15)33-4)7-8-34(28,29)13-14-5-6-19(31-2)17(9-14)18(23(26)27)12-22(24)25/h5-11,18H,12-13H2,1-4H3,(H,26,27)/b8-7+. The summed E-state index contributed by atoms with van der Waals surface area (Å²) in [6.45, 7) is 0. The minimum atomic E-state index is -3.81. The van der Waals surface area contributed by atoms with Crippen LogP contribution in [0.4, 0.5) is 0 Å². The van der Waals surface area contributed by atoms with Gasteiger partial charge in [0, 0.05) is 29.5 Å². The van der Waals surface area contributed by atoms with E-state index in [0.717, 1.165) is 5.41 Å². The number of carboxylic acids is 1. The second-order valence-corrected chi connectivity index (χ2v) is 9.39. The largest absolute Gasteiger partial charge is 0.496 e. The number of sulfone groups is 1. The van der Waals surface area contributed by atoms with Crippen molar-refractivity contribution in [2.45, 2.75) is 18.1 Å². The lowest BCUT2D eigenvalue weighted by Gasteiger charge is -2.16. The van der Waals surface area contributed by atoms with Crippen LogP contribution in [0.2, 0.25) is 0 Å². The topological polar surface area (TPSA) is 125 Å². The third-order valence-electron chi connectivity index (χ3n) is 4.90. The lowest BCUT2D eigenvalue weighted by molar-refractivity contribution is -0.140. The molecule has 2 aromatic carbocycles. The van der Waals surface area contributed by atoms with Crippen LogP contribution >= 0.6 is 11.6 Å². The number of rotatable bonds is 12. The summed E-state index contributed by atoms with van der Waals surface area (Å²) in [4.78, 5) is 23.0. The summed E-state index contributed by atoms with van der Waals surface area (Å²) in [7, 11) is 1.88. The van der Waals surface area contributed by atoms with E-state index < -0.39 is 39.1 Å². The molecular weight excluding hydrogens is 488 g/mol. The Morgan fingerprint density at radius 2 is 1.56 bits per heavy atom. The molecule has 0 bridgehead atoms. The molecule has 1 N–H and O–H groups in total. The lowest BCUT2D eigenvalue weighted by atomic mass is 9.94. The van der Waals surface area contributed by atoms with Crippen molar-refractivity contribution in [2.24, 2.45) is 0 Å². The fourth-order valence-corrected chi connectivity index (χ4v) is 4.52. The van der Waals surface area contributed by atoms with E-state index in [1.165, 1.54) is 52.7 Å². The molecule has 0 aliphatic rings. The maximum atomic E-state index is 12.8. The van der Waals surface area contributed by atoms with Crippen molar-refractivity contribution in [1.29, 1.82) is 0 Å². The molecule has 0 saturated carbocycles. The highest BCUT2D eigenvalue weighted by Crippen LogP contribution is 2.36. The Bertz CT molecular complexity index is 1160. The smallest absolute Gasteiger partial charge is 0.311 e. The monoisotopic (exact) mass is 512 g/mol. The predicted octanol–water partition coefficient (Wildman–Crippen LogP) is 3.63. The first-order valence-corrected chi connectivity index (χ1v) is 11.9. The highest BCUT2D eigenvalue weighted by Gasteiger charge is 2.26. The second-order valence-electron chi connectivity index (χ2n) is 7.08. The number of methoxy groups -OCH3 is 4. The Kier molecular flexibility index (Phi) is 9.34. The molecule has 1 atom stereocenters. The molecule has 0 spiro atoms. The molecule has 1 unspecified atom stereocenters. The summed E-state index contributed by atoms with van der Waals surface area (Å²) in [5.41, 5.74) is 0.859. The van der Waals surface area contributed by atoms with Crippen LogP contribution in [0, 0.1) is 0 Å². The van der Waals surface area contributed by atoms with Gasteiger partial charge >= 0.3 is 5.97 Å². The van der Waals surface area contributed by atoms with E-state index >= 15 is 0 Å². The lowest BCUT2D eigenvalue weighted by Crippen LogP contribution is -2.15. The molecule has 0 amide bonds. The van der Waals surface area contributed by atoms with Gasteiger partial charge in [-0.1, -0.05) is 12.1 Å². The average Bonchev–Trinajstić information content (AvgIpc) is 2.79. The van der Waals surface area contributed by atoms with Gasteiger partial charge in [0.1, 0.15) is 23.0 Å². The van der Waals surface area contributed by atoms with Crippen LogP contribution in [-0.2, 0) is 25.2 Å². The minimum absolute atomic E-state index is 0.152. The van der Waals surface area contributed by atoms with Crippen molar-refractivity contribution in [3.63, 3.8) is 0 Å². The van der Waals surface area contributed by atoms with Crippen LogP contribution in [0.1, 0.15) is 29.0 Å². The zero-order chi connectivity index (χ0) is 25.5. The van der Waals surface area contributed by atoms with Crippen molar-refractivity contribution < 1.29 is 42.1 Å². The van der Waals surface area contributed by atoms with Crippen molar-refractivity contribution >= 4 is 38.7 Å². The summed E-state index contributed by atoms with van der Waals surface area (Å²) in [6, 6.07) is 7.53. The fraction of sp³-hybridized carbons (Fsp3) is 0.304. The van der Waals surface area contributed by atoms with Crippen LogP contribution in [-0.4, -0.2) is 53.2 Å². The second kappa shape index (κ2) is 11.8. The number of aliphatic carboxylic acids is 1. The normalized spacial score (nSPS) is 12.3. The number of carbonyl (C=O) groups excluding carboxylic acids is 1. The third-order valence-corrected chi connectivity index (χ3v) is 6.34. The van der Waals surface area contributed by atoms with Gasteiger partial charge in [-0.25, -0.2) is 8.42 Å². The SMILES string of the molecule is COc1cc(OC)c(/C=C/S(=O)(=O)Cc2ccc(OC)c(C(CC(=O)Cl)C(=O)O)c2)c(OC)c1. The molecular formula is C23H25ClO9S. The van der Waals surface area contributed by atoms with Crippen LogP contribution in [0.3, 0.4) is 0 Å². The van der Waals surface area contributed by atoms with Crippen molar-refractivity contribution in [3.8, 4) is 23.0 Å². The summed E-state index contributed by atoms with van der Waals surface area (Å²) >= 11 is 5.40. The van der Waals surface area contributed by atoms with Gasteiger partial charge in [-0.15, -0.1) is 0 Å². The van der Waals surface area contributed by atoms with E-state index in [1.807, 2.05) is 0 Å². The zero-order valence-electron chi connectivity index (χ0n) is 19.0. The number of hydrogen-bond donors (Lipinski definition) is 1. The minimum Gasteiger partial charge on any atom is -0.496 e. The number of carboxylic acid groups (broad SMARTS) is 1. The van der Waals surface area contributed by atoms with Gasteiger partial charge in [-0.05, 0) is 29.3 Å². The van der Waals surface area contributed by atoms with Gasteiger partial charge in [-0.2, -0.15) is 0 Å². The molecule has 34 heavy (non-hydrogen) atoms. The Balaban J connectivity index is 2.42. The third kappa shape index (κ3) is 6.88. The molecule has 0 aliphatic heterocycles. The van der Waals surface area contributed by atoms with Crippen molar-refractivity contribution in [1.82, 2.24) is 0 Å². The summed E-state index contributed by atoms with van der Waals surface area (Å²) < 4.78 is 46.7. The van der Waals surface area contributed by atoms with Crippen LogP contribution in [0.15, 0.2) is 35.7 Å². The Morgan fingerprint density at radius 1 is 0.971 bits per heavy atom. The van der Waals surface area contributed by atoms with E-state index in [9.17, 15) is 23.1 Å². The van der Waals surface area contributed by atoms with E-state index in [0.29, 0.717) is 28.4 Å². The first-order valence-electron chi connectivity index (χ1n) is 9.84. The highest BCUT2D eigenvalue weighted by atomic mass is 35.5. The first kappa shape index (κ1) is 27.0. The molecule has 0 fully saturated rings. The summed E-state index contributed by atoms with van der Waals surface area (Å²) in [5, 5.41) is 9.72. The molecule has 184 valence electrons. The molecule has 2 aromatic rings. The van der Waals surface area contributed by atoms with E-state index in [4.69, 9.17) is 30.5 Å². The fourth-order valence-electron chi connectivity index (χ4n) is 3.29. The first-order chi connectivity index (χ1) is 16.0. The zero-order valence-corrected chi connectivity index (χ0v) is 20.6. The average molecular weight is 513 g/mol. The quantitative estimate of drug-likeness (QED) is 0.424. The molecule has 0 heterocycles. The van der Waals surface area contributed by atoms with Crippen molar-refractivity contribution in [3.05, 3.63) is 52.4 Å². The van der Waals surface area contributed by atoms with E-state index in [1.54, 1.807) is 12.1 Å². The van der Waals surface area contributed by atoms with Crippen LogP contribution in [0.25, 0.3) is 6.08 Å². The molecule has 11 heteroatoms. The molecule has 0 aliphatic carbocycles. The summed E-state index contributed by atoms with van der Waals surface area (Å²) in [5.74, 6) is -1.62. The van der Waals surface area contributed by atoms with Crippen LogP contribution in [0.5, 0.6) is 23.0 Å². The molecule has 0 aromatic heterocycles. The van der Waals surface area contributed by atoms with Gasteiger partial charge in [0.05, 0.1) is 45.7 Å². The Morgan fingerprint density at radius 3 is 2.03 bits per heavy atom. The van der Waals surface area contributed by atoms with Gasteiger partial charge in [-0.3, -0.25) is 9.59 Å². The van der Waals surface area contributed by atoms with E-state index in [2.05, 4.69) is 0 Å². The predicted molar refractivity (Wildman–Crippen MR) is 127 cm³/mol. The molecule has 0 saturated heterocycles. The van der Waals surface area contributed by atoms with Gasteiger partial charge < -0.3 is 24.1 Å². The highest BCUT2D eigenvalue weighted by molar-refractivity contribution is 7.93. The van der Waals surface area contributed by atoms with Crippen LogP contribution < -0.4 is 18.9 Å². The molecule has 9 nitrogen and oxygen atoms in total. The molecule has 0 radical (unpaired) electrons. The Labute approximate surface area is 202 Å². The number of halogens is 1.